The van der Waals surface area contributed by atoms with Crippen LogP contribution in [0.4, 0.5) is 5.69 Å². The van der Waals surface area contributed by atoms with E-state index in [4.69, 9.17) is 27.9 Å². The van der Waals surface area contributed by atoms with Crippen LogP contribution in [-0.4, -0.2) is 21.8 Å². The second kappa shape index (κ2) is 8.67. The minimum Gasteiger partial charge on any atom is -0.479 e. The van der Waals surface area contributed by atoms with Crippen molar-refractivity contribution in [1.29, 1.82) is 0 Å². The van der Waals surface area contributed by atoms with Crippen LogP contribution in [0, 0.1) is 13.8 Å². The van der Waals surface area contributed by atoms with Crippen LogP contribution in [0.5, 0.6) is 5.75 Å². The summed E-state index contributed by atoms with van der Waals surface area (Å²) in [5.74, 6) is 0.124. The van der Waals surface area contributed by atoms with Crippen molar-refractivity contribution in [3.63, 3.8) is 0 Å². The maximum absolute atomic E-state index is 12.6. The molecule has 1 N–H and O–H groups in total. The van der Waals surface area contributed by atoms with Gasteiger partial charge in [-0.1, -0.05) is 53.5 Å². The first kappa shape index (κ1) is 20.2. The number of carbonyl (C=O) groups is 1. The number of carbonyl (C=O) groups excluding carboxylic acids is 1. The smallest absolute Gasteiger partial charge is 0.265 e. The molecule has 0 radical (unpaired) electrons. The van der Waals surface area contributed by atoms with Gasteiger partial charge < -0.3 is 10.1 Å². The molecule has 0 fully saturated rings. The van der Waals surface area contributed by atoms with Crippen LogP contribution in [0.15, 0.2) is 48.5 Å². The van der Waals surface area contributed by atoms with E-state index in [1.54, 1.807) is 25.1 Å². The third kappa shape index (κ3) is 4.66. The third-order valence-electron chi connectivity index (χ3n) is 4.37. The second-order valence-corrected chi connectivity index (χ2v) is 7.36. The Morgan fingerprint density at radius 3 is 2.57 bits per heavy atom. The van der Waals surface area contributed by atoms with Gasteiger partial charge in [-0.25, -0.2) is 0 Å². The van der Waals surface area contributed by atoms with E-state index < -0.39 is 6.10 Å². The van der Waals surface area contributed by atoms with Gasteiger partial charge in [0, 0.05) is 5.02 Å². The number of aryl methyl sites for hydroxylation is 1. The molecule has 1 atom stereocenters. The van der Waals surface area contributed by atoms with Gasteiger partial charge in [-0.2, -0.15) is 5.10 Å². The van der Waals surface area contributed by atoms with Gasteiger partial charge in [0.25, 0.3) is 5.91 Å². The summed E-state index contributed by atoms with van der Waals surface area (Å²) in [6.45, 7) is 6.10. The number of rotatable bonds is 6. The van der Waals surface area contributed by atoms with Gasteiger partial charge in [0.2, 0.25) is 0 Å². The summed E-state index contributed by atoms with van der Waals surface area (Å²) in [6, 6.07) is 14.9. The number of aromatic nitrogens is 2. The summed E-state index contributed by atoms with van der Waals surface area (Å²) < 4.78 is 7.56. The van der Waals surface area contributed by atoms with Gasteiger partial charge in [0.15, 0.2) is 6.10 Å². The summed E-state index contributed by atoms with van der Waals surface area (Å²) in [4.78, 5) is 12.6. The maximum atomic E-state index is 12.6. The predicted octanol–water partition coefficient (Wildman–Crippen LogP) is 5.26. The van der Waals surface area contributed by atoms with E-state index in [-0.39, 0.29) is 5.91 Å². The van der Waals surface area contributed by atoms with E-state index >= 15 is 0 Å². The van der Waals surface area contributed by atoms with Crippen LogP contribution in [0.25, 0.3) is 0 Å². The monoisotopic (exact) mass is 417 g/mol. The van der Waals surface area contributed by atoms with E-state index in [0.717, 1.165) is 17.0 Å². The van der Waals surface area contributed by atoms with Gasteiger partial charge in [-0.3, -0.25) is 9.48 Å². The molecule has 0 aliphatic carbocycles. The van der Waals surface area contributed by atoms with Crippen molar-refractivity contribution >= 4 is 34.8 Å². The highest BCUT2D eigenvalue weighted by Crippen LogP contribution is 2.28. The summed E-state index contributed by atoms with van der Waals surface area (Å²) in [7, 11) is 0. The van der Waals surface area contributed by atoms with Crippen molar-refractivity contribution in [2.45, 2.75) is 33.4 Å². The first-order chi connectivity index (χ1) is 13.3. The number of benzene rings is 2. The predicted molar refractivity (Wildman–Crippen MR) is 112 cm³/mol. The second-order valence-electron chi connectivity index (χ2n) is 6.51. The Morgan fingerprint density at radius 2 is 1.89 bits per heavy atom. The molecule has 1 amide bonds. The van der Waals surface area contributed by atoms with Crippen LogP contribution in [0.3, 0.4) is 0 Å². The van der Waals surface area contributed by atoms with Crippen molar-refractivity contribution < 1.29 is 9.53 Å². The topological polar surface area (TPSA) is 56.2 Å². The van der Waals surface area contributed by atoms with Crippen LogP contribution < -0.4 is 10.1 Å². The zero-order chi connectivity index (χ0) is 20.3. The number of amides is 1. The van der Waals surface area contributed by atoms with Gasteiger partial charge in [-0.15, -0.1) is 0 Å². The van der Waals surface area contributed by atoms with Gasteiger partial charge in [0.1, 0.15) is 5.75 Å². The molecule has 0 spiro atoms. The van der Waals surface area contributed by atoms with Crippen molar-refractivity contribution in [3.05, 3.63) is 75.5 Å². The molecule has 0 bridgehead atoms. The molecule has 0 saturated heterocycles. The van der Waals surface area contributed by atoms with Crippen LogP contribution in [0.1, 0.15) is 23.9 Å². The lowest BCUT2D eigenvalue weighted by Crippen LogP contribution is -2.30. The molecule has 5 nitrogen and oxygen atoms in total. The molecule has 1 aromatic heterocycles. The van der Waals surface area contributed by atoms with E-state index in [1.165, 1.54) is 0 Å². The third-order valence-corrected chi connectivity index (χ3v) is 4.90. The molecule has 0 aliphatic rings. The standard InChI is InChI=1S/C21H21Cl2N3O2/c1-13-20(14(2)26(25-13)12-16-7-5-4-6-8-16)24-21(27)15(3)28-19-10-9-17(22)11-18(19)23/h4-11,15H,12H2,1-3H3,(H,24,27). The fraction of sp³-hybridized carbons (Fsp3) is 0.238. The average Bonchev–Trinajstić information content (AvgIpc) is 2.92. The minimum absolute atomic E-state index is 0.281. The Hall–Kier alpha value is -2.50. The number of hydrogen-bond acceptors (Lipinski definition) is 3. The Morgan fingerprint density at radius 1 is 1.18 bits per heavy atom. The molecule has 28 heavy (non-hydrogen) atoms. The largest absolute Gasteiger partial charge is 0.479 e. The lowest BCUT2D eigenvalue weighted by atomic mass is 10.2. The van der Waals surface area contributed by atoms with E-state index in [1.807, 2.05) is 48.9 Å². The Kier molecular flexibility index (Phi) is 6.27. The first-order valence-corrected chi connectivity index (χ1v) is 9.61. The van der Waals surface area contributed by atoms with Gasteiger partial charge >= 0.3 is 0 Å². The summed E-state index contributed by atoms with van der Waals surface area (Å²) >= 11 is 12.0. The average molecular weight is 418 g/mol. The van der Waals surface area contributed by atoms with Crippen molar-refractivity contribution in [3.8, 4) is 5.75 Å². The molecule has 146 valence electrons. The maximum Gasteiger partial charge on any atom is 0.265 e. The fourth-order valence-corrected chi connectivity index (χ4v) is 3.28. The number of ether oxygens (including phenoxy) is 1. The Bertz CT molecular complexity index is 987. The zero-order valence-corrected chi connectivity index (χ0v) is 17.4. The molecule has 3 rings (SSSR count). The SMILES string of the molecule is Cc1nn(Cc2ccccc2)c(C)c1NC(=O)C(C)Oc1ccc(Cl)cc1Cl. The van der Waals surface area contributed by atoms with E-state index in [2.05, 4.69) is 10.4 Å². The molecule has 7 heteroatoms. The first-order valence-electron chi connectivity index (χ1n) is 8.85. The van der Waals surface area contributed by atoms with Crippen molar-refractivity contribution in [2.75, 3.05) is 5.32 Å². The minimum atomic E-state index is -0.741. The van der Waals surface area contributed by atoms with Crippen LogP contribution >= 0.6 is 23.2 Å². The fourth-order valence-electron chi connectivity index (χ4n) is 2.83. The molecule has 1 unspecified atom stereocenters. The quantitative estimate of drug-likeness (QED) is 0.594. The molecule has 0 saturated carbocycles. The Labute approximate surface area is 174 Å². The van der Waals surface area contributed by atoms with Crippen LogP contribution in [-0.2, 0) is 11.3 Å². The Balaban J connectivity index is 1.71. The highest BCUT2D eigenvalue weighted by atomic mass is 35.5. The van der Waals surface area contributed by atoms with E-state index in [0.29, 0.717) is 28.0 Å². The molecule has 1 heterocycles. The van der Waals surface area contributed by atoms with Crippen molar-refractivity contribution in [2.24, 2.45) is 0 Å². The molecule has 0 aliphatic heterocycles. The van der Waals surface area contributed by atoms with Crippen molar-refractivity contribution in [1.82, 2.24) is 9.78 Å². The number of hydrogen-bond donors (Lipinski definition) is 1. The highest BCUT2D eigenvalue weighted by molar-refractivity contribution is 6.35. The number of halogens is 2. The van der Waals surface area contributed by atoms with E-state index in [9.17, 15) is 4.79 Å². The molecule has 2 aromatic carbocycles. The summed E-state index contributed by atoms with van der Waals surface area (Å²) in [5, 5.41) is 8.33. The normalized spacial score (nSPS) is 11.9. The lowest BCUT2D eigenvalue weighted by molar-refractivity contribution is -0.122. The highest BCUT2D eigenvalue weighted by Gasteiger charge is 2.20. The number of nitrogens with one attached hydrogen (secondary N) is 1. The number of anilines is 1. The lowest BCUT2D eigenvalue weighted by Gasteiger charge is -2.16. The molecular weight excluding hydrogens is 397 g/mol. The number of nitrogens with zero attached hydrogens (tertiary/aromatic N) is 2. The zero-order valence-electron chi connectivity index (χ0n) is 15.9. The summed E-state index contributed by atoms with van der Waals surface area (Å²) in [6.07, 6.45) is -0.741. The van der Waals surface area contributed by atoms with Gasteiger partial charge in [-0.05, 0) is 44.5 Å². The molecule has 3 aromatic rings. The van der Waals surface area contributed by atoms with Crippen LogP contribution in [0.2, 0.25) is 10.0 Å². The van der Waals surface area contributed by atoms with Gasteiger partial charge in [0.05, 0.1) is 28.6 Å². The molecular formula is C21H21Cl2N3O2. The summed E-state index contributed by atoms with van der Waals surface area (Å²) in [5.41, 5.74) is 3.46.